The van der Waals surface area contributed by atoms with E-state index in [4.69, 9.17) is 20.9 Å². The maximum absolute atomic E-state index is 5.67. The van der Waals surface area contributed by atoms with Gasteiger partial charge >= 0.3 is 0 Å². The molecule has 114 valence electrons. The maximum Gasteiger partial charge on any atom is 0.275 e. The van der Waals surface area contributed by atoms with Gasteiger partial charge in [-0.1, -0.05) is 38.1 Å². The van der Waals surface area contributed by atoms with Gasteiger partial charge in [-0.05, 0) is 60.0 Å². The third kappa shape index (κ3) is 5.91. The fourth-order valence-electron chi connectivity index (χ4n) is 1.80. The van der Waals surface area contributed by atoms with Crippen molar-refractivity contribution in [1.82, 2.24) is 0 Å². The minimum absolute atomic E-state index is 0. The summed E-state index contributed by atoms with van der Waals surface area (Å²) >= 11 is 5.28. The van der Waals surface area contributed by atoms with Gasteiger partial charge < -0.3 is 9.05 Å². The average molecular weight is 497 g/mol. The summed E-state index contributed by atoms with van der Waals surface area (Å²) in [6, 6.07) is 16.0. The number of hydrogen-bond acceptors (Lipinski definition) is 3. The molecule has 0 unspecified atom stereocenters. The van der Waals surface area contributed by atoms with Crippen LogP contribution in [-0.4, -0.2) is 0 Å². The largest absolute Gasteiger partial charge is 0.437 e. The van der Waals surface area contributed by atoms with Crippen LogP contribution in [0.4, 0.5) is 0 Å². The van der Waals surface area contributed by atoms with Gasteiger partial charge in [0.2, 0.25) is 0 Å². The molecule has 5 heteroatoms. The zero-order chi connectivity index (χ0) is 14.4. The summed E-state index contributed by atoms with van der Waals surface area (Å²) in [5, 5.41) is 0. The number of benzene rings is 2. The van der Waals surface area contributed by atoms with Gasteiger partial charge in [0.1, 0.15) is 11.5 Å². The average Bonchev–Trinajstić information content (AvgIpc) is 2.49. The Morgan fingerprint density at radius 2 is 1.10 bits per heavy atom. The number of hydrogen-bond donors (Lipinski definition) is 0. The number of aryl methyl sites for hydroxylation is 2. The van der Waals surface area contributed by atoms with Gasteiger partial charge in [0, 0.05) is 19.8 Å². The maximum atomic E-state index is 5.67. The fraction of sp³-hybridized carbons (Fsp3) is 0.250. The van der Waals surface area contributed by atoms with Gasteiger partial charge in [0.25, 0.3) is 7.15 Å². The van der Waals surface area contributed by atoms with Crippen LogP contribution in [0.1, 0.15) is 25.0 Å². The summed E-state index contributed by atoms with van der Waals surface area (Å²) in [4.78, 5) is 0. The van der Waals surface area contributed by atoms with Crippen LogP contribution in [0.15, 0.2) is 48.5 Å². The summed E-state index contributed by atoms with van der Waals surface area (Å²) in [5.74, 6) is 1.55. The van der Waals surface area contributed by atoms with Crippen LogP contribution in [-0.2, 0) is 44.4 Å². The Balaban J connectivity index is 0.00000220. The molecule has 2 aromatic carbocycles. The second kappa shape index (κ2) is 9.37. The van der Waals surface area contributed by atoms with Crippen molar-refractivity contribution in [3.05, 3.63) is 59.7 Å². The van der Waals surface area contributed by atoms with Crippen molar-refractivity contribution in [1.29, 1.82) is 0 Å². The Morgan fingerprint density at radius 3 is 1.38 bits per heavy atom. The van der Waals surface area contributed by atoms with E-state index in [0.29, 0.717) is 0 Å². The van der Waals surface area contributed by atoms with E-state index in [9.17, 15) is 0 Å². The summed E-state index contributed by atoms with van der Waals surface area (Å²) in [6.07, 6.45) is 2.04. The predicted molar refractivity (Wildman–Crippen MR) is 88.6 cm³/mol. The first kappa shape index (κ1) is 18.4. The van der Waals surface area contributed by atoms with Crippen molar-refractivity contribution >= 4 is 19.0 Å². The molecule has 0 amide bonds. The molecule has 0 aliphatic carbocycles. The second-order valence-corrected chi connectivity index (χ2v) is 6.36. The van der Waals surface area contributed by atoms with E-state index in [2.05, 4.69) is 38.1 Å². The third-order valence-electron chi connectivity index (χ3n) is 3.07. The molecular formula is C16H19O2OsPS. The van der Waals surface area contributed by atoms with Crippen LogP contribution in [0.2, 0.25) is 0 Å². The molecule has 2 nitrogen and oxygen atoms in total. The van der Waals surface area contributed by atoms with Crippen molar-refractivity contribution in [3.63, 3.8) is 0 Å². The zero-order valence-corrected chi connectivity index (χ0v) is 16.5. The second-order valence-electron chi connectivity index (χ2n) is 4.45. The van der Waals surface area contributed by atoms with E-state index in [-0.39, 0.29) is 19.8 Å². The van der Waals surface area contributed by atoms with Crippen molar-refractivity contribution in [3.8, 4) is 11.5 Å². The molecule has 0 bridgehead atoms. The zero-order valence-electron chi connectivity index (χ0n) is 12.1. The third-order valence-corrected chi connectivity index (χ3v) is 4.37. The van der Waals surface area contributed by atoms with E-state index in [1.54, 1.807) is 0 Å². The first-order chi connectivity index (χ1) is 9.71. The minimum Gasteiger partial charge on any atom is -0.437 e. The van der Waals surface area contributed by atoms with Crippen LogP contribution in [0.25, 0.3) is 0 Å². The first-order valence-electron chi connectivity index (χ1n) is 6.78. The summed E-state index contributed by atoms with van der Waals surface area (Å²) < 4.78 is 11.3. The molecule has 0 saturated heterocycles. The van der Waals surface area contributed by atoms with Crippen molar-refractivity contribution < 1.29 is 28.8 Å². The molecule has 0 aliphatic heterocycles. The van der Waals surface area contributed by atoms with Crippen LogP contribution in [0.5, 0.6) is 11.5 Å². The van der Waals surface area contributed by atoms with E-state index in [1.807, 2.05) is 24.3 Å². The summed E-state index contributed by atoms with van der Waals surface area (Å²) in [7, 11) is -1.75. The van der Waals surface area contributed by atoms with Crippen LogP contribution in [0, 0.1) is 0 Å². The Morgan fingerprint density at radius 1 is 0.762 bits per heavy atom. The van der Waals surface area contributed by atoms with Crippen molar-refractivity contribution in [2.45, 2.75) is 26.7 Å². The predicted octanol–water partition coefficient (Wildman–Crippen LogP) is 4.77. The molecule has 2 aromatic rings. The molecule has 0 radical (unpaired) electrons. The molecule has 21 heavy (non-hydrogen) atoms. The molecule has 0 N–H and O–H groups in total. The van der Waals surface area contributed by atoms with Gasteiger partial charge in [-0.15, -0.1) is 0 Å². The van der Waals surface area contributed by atoms with Crippen LogP contribution < -0.4 is 9.05 Å². The Hall–Kier alpha value is -0.674. The smallest absolute Gasteiger partial charge is 0.275 e. The van der Waals surface area contributed by atoms with Crippen LogP contribution in [0.3, 0.4) is 0 Å². The molecule has 0 atom stereocenters. The van der Waals surface area contributed by atoms with Gasteiger partial charge in [0.15, 0.2) is 0 Å². The van der Waals surface area contributed by atoms with E-state index >= 15 is 0 Å². The Kier molecular flexibility index (Phi) is 8.19. The Labute approximate surface area is 145 Å². The molecule has 0 aromatic heterocycles. The first-order valence-corrected chi connectivity index (χ1v) is 9.23. The minimum atomic E-state index is -1.75. The molecule has 0 spiro atoms. The monoisotopic (exact) mass is 498 g/mol. The molecule has 2 rings (SSSR count). The standard InChI is InChI=1S/C16H19O2PS.Os/c1-3-13-5-9-15(10-6-13)17-19(20)18-16-11-7-14(4-2)8-12-16;/h5-12,19H,3-4H2,1-2H3;. The van der Waals surface area contributed by atoms with E-state index < -0.39 is 7.15 Å². The molecule has 0 fully saturated rings. The van der Waals surface area contributed by atoms with Gasteiger partial charge in [-0.3, -0.25) is 0 Å². The van der Waals surface area contributed by atoms with Crippen molar-refractivity contribution in [2.24, 2.45) is 0 Å². The van der Waals surface area contributed by atoms with Gasteiger partial charge in [0.05, 0.1) is 0 Å². The van der Waals surface area contributed by atoms with E-state index in [1.165, 1.54) is 11.1 Å². The van der Waals surface area contributed by atoms with Crippen LogP contribution >= 0.6 is 7.15 Å². The molecule has 0 heterocycles. The van der Waals surface area contributed by atoms with Crippen molar-refractivity contribution in [2.75, 3.05) is 0 Å². The number of rotatable bonds is 6. The summed E-state index contributed by atoms with van der Waals surface area (Å²) in [5.41, 5.74) is 2.57. The normalized spacial score (nSPS) is 10.0. The van der Waals surface area contributed by atoms with Gasteiger partial charge in [-0.25, -0.2) is 0 Å². The molecule has 0 aliphatic rings. The Bertz CT molecular complexity index is 518. The summed E-state index contributed by atoms with van der Waals surface area (Å²) in [6.45, 7) is 4.25. The molecule has 0 saturated carbocycles. The van der Waals surface area contributed by atoms with Gasteiger partial charge in [-0.2, -0.15) is 0 Å². The molecular weight excluding hydrogens is 477 g/mol. The SMILES string of the molecule is CCc1ccc(O[PH](=S)Oc2ccc(CC)cc2)cc1.[Os]. The van der Waals surface area contributed by atoms with E-state index in [0.717, 1.165) is 24.3 Å². The topological polar surface area (TPSA) is 18.5 Å². The fourth-order valence-corrected chi connectivity index (χ4v) is 3.08. The quantitative estimate of drug-likeness (QED) is 0.537.